The summed E-state index contributed by atoms with van der Waals surface area (Å²) < 4.78 is 25.6. The van der Waals surface area contributed by atoms with Crippen molar-refractivity contribution in [1.29, 1.82) is 0 Å². The molecular formula is C12H14F2N2OS. The molecule has 1 rings (SSSR count). The highest BCUT2D eigenvalue weighted by Crippen LogP contribution is 2.16. The van der Waals surface area contributed by atoms with Crippen molar-refractivity contribution >= 4 is 23.1 Å². The average molecular weight is 272 g/mol. The summed E-state index contributed by atoms with van der Waals surface area (Å²) in [5, 5.41) is 2.57. The van der Waals surface area contributed by atoms with E-state index in [1.54, 1.807) is 13.8 Å². The molecule has 0 saturated heterocycles. The van der Waals surface area contributed by atoms with Gasteiger partial charge in [-0.25, -0.2) is 8.78 Å². The third-order valence-electron chi connectivity index (χ3n) is 2.62. The van der Waals surface area contributed by atoms with E-state index in [9.17, 15) is 13.6 Å². The van der Waals surface area contributed by atoms with Crippen LogP contribution >= 0.6 is 12.2 Å². The van der Waals surface area contributed by atoms with Gasteiger partial charge in [-0.2, -0.15) is 0 Å². The Labute approximate surface area is 109 Å². The van der Waals surface area contributed by atoms with Crippen LogP contribution in [0.1, 0.15) is 19.4 Å². The number of hydrogen-bond acceptors (Lipinski definition) is 2. The predicted octanol–water partition coefficient (Wildman–Crippen LogP) is 1.89. The van der Waals surface area contributed by atoms with Crippen molar-refractivity contribution in [2.24, 2.45) is 11.1 Å². The fourth-order valence-electron chi connectivity index (χ4n) is 1.16. The molecule has 1 aromatic rings. The Bertz CT molecular complexity index is 489. The number of amides is 1. The summed E-state index contributed by atoms with van der Waals surface area (Å²) in [5.74, 6) is -2.23. The predicted molar refractivity (Wildman–Crippen MR) is 68.8 cm³/mol. The molecule has 18 heavy (non-hydrogen) atoms. The number of thiocarbonyl (C=S) groups is 1. The Kier molecular flexibility index (Phi) is 4.34. The zero-order chi connectivity index (χ0) is 13.9. The van der Waals surface area contributed by atoms with Crippen LogP contribution in [0.4, 0.5) is 8.78 Å². The lowest BCUT2D eigenvalue weighted by molar-refractivity contribution is -0.126. The molecule has 0 fully saturated rings. The molecule has 0 saturated carbocycles. The van der Waals surface area contributed by atoms with Gasteiger partial charge in [-0.15, -0.1) is 0 Å². The van der Waals surface area contributed by atoms with E-state index in [1.165, 1.54) is 6.07 Å². The molecule has 0 atom stereocenters. The monoisotopic (exact) mass is 272 g/mol. The quantitative estimate of drug-likeness (QED) is 0.823. The second kappa shape index (κ2) is 5.39. The number of benzene rings is 1. The minimum Gasteiger partial charge on any atom is -0.392 e. The third-order valence-corrected chi connectivity index (χ3v) is 3.13. The van der Waals surface area contributed by atoms with E-state index in [0.717, 1.165) is 12.1 Å². The van der Waals surface area contributed by atoms with Gasteiger partial charge in [0.05, 0.1) is 10.4 Å². The van der Waals surface area contributed by atoms with Crippen molar-refractivity contribution in [3.8, 4) is 0 Å². The Balaban J connectivity index is 2.68. The summed E-state index contributed by atoms with van der Waals surface area (Å²) >= 11 is 4.78. The van der Waals surface area contributed by atoms with E-state index in [4.69, 9.17) is 18.0 Å². The summed E-state index contributed by atoms with van der Waals surface area (Å²) in [6.07, 6.45) is 0. The lowest BCUT2D eigenvalue weighted by atomic mass is 9.92. The summed E-state index contributed by atoms with van der Waals surface area (Å²) in [6.45, 7) is 3.27. The number of hydrogen-bond donors (Lipinski definition) is 2. The second-order valence-electron chi connectivity index (χ2n) is 4.42. The van der Waals surface area contributed by atoms with Gasteiger partial charge >= 0.3 is 0 Å². The number of nitrogens with one attached hydrogen (secondary N) is 1. The van der Waals surface area contributed by atoms with E-state index in [1.807, 2.05) is 0 Å². The number of carbonyl (C=O) groups excluding carboxylic acids is 1. The molecule has 98 valence electrons. The third kappa shape index (κ3) is 3.22. The average Bonchev–Trinajstić information content (AvgIpc) is 2.30. The van der Waals surface area contributed by atoms with Crippen LogP contribution in [0.3, 0.4) is 0 Å². The van der Waals surface area contributed by atoms with Crippen LogP contribution in [-0.2, 0) is 11.3 Å². The zero-order valence-electron chi connectivity index (χ0n) is 10.1. The molecule has 0 bridgehead atoms. The molecule has 0 unspecified atom stereocenters. The number of carbonyl (C=O) groups is 1. The Morgan fingerprint density at radius 1 is 1.39 bits per heavy atom. The fourth-order valence-corrected chi connectivity index (χ4v) is 1.26. The minimum absolute atomic E-state index is 0.0743. The van der Waals surface area contributed by atoms with E-state index in [-0.39, 0.29) is 17.4 Å². The van der Waals surface area contributed by atoms with E-state index in [0.29, 0.717) is 5.56 Å². The van der Waals surface area contributed by atoms with Crippen LogP contribution in [0, 0.1) is 17.0 Å². The lowest BCUT2D eigenvalue weighted by Crippen LogP contribution is -2.44. The number of halogens is 2. The van der Waals surface area contributed by atoms with Crippen LogP contribution in [0.15, 0.2) is 18.2 Å². The molecule has 0 aromatic heterocycles. The van der Waals surface area contributed by atoms with Gasteiger partial charge in [0.1, 0.15) is 0 Å². The van der Waals surface area contributed by atoms with Crippen molar-refractivity contribution in [1.82, 2.24) is 5.32 Å². The maximum Gasteiger partial charge on any atom is 0.232 e. The van der Waals surface area contributed by atoms with Crippen molar-refractivity contribution in [3.63, 3.8) is 0 Å². The number of rotatable bonds is 4. The maximum absolute atomic E-state index is 12.9. The Morgan fingerprint density at radius 2 is 2.00 bits per heavy atom. The van der Waals surface area contributed by atoms with Gasteiger partial charge in [0.15, 0.2) is 11.6 Å². The standard InChI is InChI=1S/C12H14F2N2OS/c1-12(2,10(15)18)11(17)16-6-7-3-4-8(13)9(14)5-7/h3-5H,6H2,1-2H3,(H2,15,18)(H,16,17). The van der Waals surface area contributed by atoms with Crippen LogP contribution in [-0.4, -0.2) is 10.9 Å². The van der Waals surface area contributed by atoms with Crippen molar-refractivity contribution in [3.05, 3.63) is 35.4 Å². The largest absolute Gasteiger partial charge is 0.392 e. The summed E-state index contributed by atoms with van der Waals surface area (Å²) in [5.41, 5.74) is 4.93. The molecule has 3 N–H and O–H groups in total. The van der Waals surface area contributed by atoms with Gasteiger partial charge in [-0.3, -0.25) is 4.79 Å². The summed E-state index contributed by atoms with van der Waals surface area (Å²) in [4.78, 5) is 11.9. The lowest BCUT2D eigenvalue weighted by Gasteiger charge is -2.21. The van der Waals surface area contributed by atoms with Gasteiger partial charge in [0.25, 0.3) is 0 Å². The maximum atomic E-state index is 12.9. The zero-order valence-corrected chi connectivity index (χ0v) is 10.9. The highest BCUT2D eigenvalue weighted by molar-refractivity contribution is 7.80. The minimum atomic E-state index is -0.978. The molecule has 1 aromatic carbocycles. The van der Waals surface area contributed by atoms with Gasteiger partial charge in [-0.1, -0.05) is 18.3 Å². The van der Waals surface area contributed by atoms with Crippen molar-refractivity contribution in [2.75, 3.05) is 0 Å². The van der Waals surface area contributed by atoms with Crippen LogP contribution in [0.2, 0.25) is 0 Å². The topological polar surface area (TPSA) is 55.1 Å². The van der Waals surface area contributed by atoms with Gasteiger partial charge in [-0.05, 0) is 31.5 Å². The highest BCUT2D eigenvalue weighted by atomic mass is 32.1. The molecule has 0 aliphatic carbocycles. The first-order valence-corrected chi connectivity index (χ1v) is 5.68. The molecule has 0 radical (unpaired) electrons. The molecule has 6 heteroatoms. The summed E-state index contributed by atoms with van der Waals surface area (Å²) in [7, 11) is 0. The first-order valence-electron chi connectivity index (χ1n) is 5.27. The highest BCUT2D eigenvalue weighted by Gasteiger charge is 2.30. The van der Waals surface area contributed by atoms with Gasteiger partial charge < -0.3 is 11.1 Å². The SMILES string of the molecule is CC(C)(C(=O)NCc1ccc(F)c(F)c1)C(N)=S. The first-order chi connectivity index (χ1) is 8.25. The first kappa shape index (κ1) is 14.5. The molecule has 0 aliphatic rings. The molecule has 1 amide bonds. The second-order valence-corrected chi connectivity index (χ2v) is 4.86. The Morgan fingerprint density at radius 3 is 2.50 bits per heavy atom. The molecule has 0 heterocycles. The number of nitrogens with two attached hydrogens (primary N) is 1. The fraction of sp³-hybridized carbons (Fsp3) is 0.333. The Hall–Kier alpha value is -1.56. The van der Waals surface area contributed by atoms with Crippen LogP contribution in [0.5, 0.6) is 0 Å². The molecule has 3 nitrogen and oxygen atoms in total. The molecular weight excluding hydrogens is 258 g/mol. The van der Waals surface area contributed by atoms with E-state index in [2.05, 4.69) is 5.32 Å². The van der Waals surface area contributed by atoms with E-state index >= 15 is 0 Å². The van der Waals surface area contributed by atoms with Crippen molar-refractivity contribution in [2.45, 2.75) is 20.4 Å². The smallest absolute Gasteiger partial charge is 0.232 e. The van der Waals surface area contributed by atoms with E-state index < -0.39 is 17.0 Å². The van der Waals surface area contributed by atoms with Crippen LogP contribution in [0.25, 0.3) is 0 Å². The van der Waals surface area contributed by atoms with Gasteiger partial charge in [0.2, 0.25) is 5.91 Å². The molecule has 0 spiro atoms. The van der Waals surface area contributed by atoms with Crippen molar-refractivity contribution < 1.29 is 13.6 Å². The summed E-state index contributed by atoms with van der Waals surface area (Å²) in [6, 6.07) is 3.44. The normalized spacial score (nSPS) is 11.1. The van der Waals surface area contributed by atoms with Crippen LogP contribution < -0.4 is 11.1 Å². The van der Waals surface area contributed by atoms with Gasteiger partial charge in [0, 0.05) is 6.54 Å². The molecule has 0 aliphatic heterocycles.